The van der Waals surface area contributed by atoms with E-state index in [0.717, 1.165) is 25.1 Å². The molecule has 1 aliphatic carbocycles. The molecule has 1 unspecified atom stereocenters. The Labute approximate surface area is 182 Å². The number of rotatable bonds is 5. The molecule has 0 spiro atoms. The number of piperazine rings is 3. The molecule has 0 amide bonds. The second kappa shape index (κ2) is 10.6. The Morgan fingerprint density at radius 3 is 2.22 bits per heavy atom. The van der Waals surface area contributed by atoms with Crippen LogP contribution in [0.2, 0.25) is 0 Å². The summed E-state index contributed by atoms with van der Waals surface area (Å²) in [4.78, 5) is 12.9. The summed E-state index contributed by atoms with van der Waals surface area (Å²) in [7, 11) is 0. The Hall–Kier alpha value is -0.120. The van der Waals surface area contributed by atoms with E-state index >= 15 is 0 Å². The van der Waals surface area contributed by atoms with Crippen LogP contribution in [0.3, 0.4) is 0 Å². The Bertz CT molecular complexity index is 465. The number of likely N-dealkylation sites (tertiary alicyclic amines) is 1. The molecule has 7 heteroatoms. The van der Waals surface area contributed by atoms with Crippen LogP contribution in [0.4, 0.5) is 0 Å². The van der Waals surface area contributed by atoms with Gasteiger partial charge in [0, 0.05) is 70.5 Å². The fourth-order valence-corrected chi connectivity index (χ4v) is 5.29. The molecule has 0 radical (unpaired) electrons. The van der Waals surface area contributed by atoms with Crippen molar-refractivity contribution in [2.75, 3.05) is 58.9 Å². The topological polar surface area (TPSA) is 46.1 Å². The van der Waals surface area contributed by atoms with Gasteiger partial charge in [0.1, 0.15) is 0 Å². The van der Waals surface area contributed by atoms with Crippen molar-refractivity contribution in [3.05, 3.63) is 0 Å². The molecule has 4 saturated heterocycles. The van der Waals surface area contributed by atoms with Crippen molar-refractivity contribution >= 4 is 29.9 Å². The maximum atomic E-state index is 4.96. The van der Waals surface area contributed by atoms with Crippen molar-refractivity contribution in [1.29, 1.82) is 0 Å². The van der Waals surface area contributed by atoms with E-state index in [4.69, 9.17) is 4.99 Å². The smallest absolute Gasteiger partial charge is 0.191 e. The Kier molecular flexibility index (Phi) is 8.47. The third-order valence-corrected chi connectivity index (χ3v) is 6.91. The van der Waals surface area contributed by atoms with Gasteiger partial charge in [0.05, 0.1) is 6.54 Å². The van der Waals surface area contributed by atoms with Crippen molar-refractivity contribution < 1.29 is 0 Å². The van der Waals surface area contributed by atoms with Gasteiger partial charge in [0.15, 0.2) is 5.96 Å². The van der Waals surface area contributed by atoms with E-state index in [0.29, 0.717) is 12.1 Å². The van der Waals surface area contributed by atoms with Gasteiger partial charge in [0.25, 0.3) is 0 Å². The van der Waals surface area contributed by atoms with Crippen LogP contribution in [0, 0.1) is 0 Å². The third kappa shape index (κ3) is 5.70. The van der Waals surface area contributed by atoms with Gasteiger partial charge in [-0.25, -0.2) is 0 Å². The average molecular weight is 490 g/mol. The molecule has 4 aliphatic heterocycles. The van der Waals surface area contributed by atoms with Crippen LogP contribution >= 0.6 is 24.0 Å². The molecule has 156 valence electrons. The molecule has 2 N–H and O–H groups in total. The quantitative estimate of drug-likeness (QED) is 0.348. The second-order valence-electron chi connectivity index (χ2n) is 8.60. The molecular weight excluding hydrogens is 451 g/mol. The van der Waals surface area contributed by atoms with Crippen LogP contribution < -0.4 is 10.6 Å². The number of fused-ring (bicyclic) bond motifs is 3. The highest BCUT2D eigenvalue weighted by molar-refractivity contribution is 14.0. The predicted octanol–water partition coefficient (Wildman–Crippen LogP) is 1.57. The van der Waals surface area contributed by atoms with Gasteiger partial charge in [0.2, 0.25) is 0 Å². The minimum absolute atomic E-state index is 0. The molecule has 27 heavy (non-hydrogen) atoms. The zero-order chi connectivity index (χ0) is 17.8. The Morgan fingerprint density at radius 2 is 1.63 bits per heavy atom. The lowest BCUT2D eigenvalue weighted by atomic mass is 10.0. The van der Waals surface area contributed by atoms with Crippen molar-refractivity contribution in [3.8, 4) is 0 Å². The number of nitrogens with one attached hydrogen (secondary N) is 2. The summed E-state index contributed by atoms with van der Waals surface area (Å²) in [6, 6.07) is 2.07. The van der Waals surface area contributed by atoms with Crippen LogP contribution in [0.5, 0.6) is 0 Å². The number of hydrogen-bond acceptors (Lipinski definition) is 4. The van der Waals surface area contributed by atoms with Crippen molar-refractivity contribution in [2.24, 2.45) is 4.99 Å². The zero-order valence-corrected chi connectivity index (χ0v) is 19.4. The predicted molar refractivity (Wildman–Crippen MR) is 123 cm³/mol. The molecule has 0 aromatic carbocycles. The summed E-state index contributed by atoms with van der Waals surface area (Å²) in [5, 5.41) is 7.20. The van der Waals surface area contributed by atoms with E-state index < -0.39 is 0 Å². The van der Waals surface area contributed by atoms with E-state index in [1.54, 1.807) is 0 Å². The maximum absolute atomic E-state index is 4.96. The first-order valence-electron chi connectivity index (χ1n) is 11.1. The van der Waals surface area contributed by atoms with E-state index in [1.165, 1.54) is 84.3 Å². The van der Waals surface area contributed by atoms with Gasteiger partial charge >= 0.3 is 0 Å². The normalized spacial score (nSPS) is 33.1. The minimum atomic E-state index is 0. The number of aliphatic imine (C=N–C) groups is 1. The van der Waals surface area contributed by atoms with Crippen LogP contribution in [-0.4, -0.2) is 97.7 Å². The number of nitrogens with zero attached hydrogens (tertiary/aromatic N) is 4. The molecule has 0 aromatic rings. The van der Waals surface area contributed by atoms with Gasteiger partial charge in [-0.2, -0.15) is 0 Å². The van der Waals surface area contributed by atoms with E-state index in [2.05, 4.69) is 32.3 Å². The first-order chi connectivity index (χ1) is 12.8. The fourth-order valence-electron chi connectivity index (χ4n) is 5.29. The summed E-state index contributed by atoms with van der Waals surface area (Å²) in [5.41, 5.74) is 0. The van der Waals surface area contributed by atoms with E-state index in [9.17, 15) is 0 Å². The highest BCUT2D eigenvalue weighted by Gasteiger charge is 2.32. The number of guanidine groups is 1. The van der Waals surface area contributed by atoms with E-state index in [1.807, 2.05) is 0 Å². The van der Waals surface area contributed by atoms with Crippen LogP contribution in [0.15, 0.2) is 4.99 Å². The zero-order valence-electron chi connectivity index (χ0n) is 17.0. The van der Waals surface area contributed by atoms with Crippen LogP contribution in [0.25, 0.3) is 0 Å². The highest BCUT2D eigenvalue weighted by Crippen LogP contribution is 2.26. The highest BCUT2D eigenvalue weighted by atomic mass is 127. The van der Waals surface area contributed by atoms with E-state index in [-0.39, 0.29) is 24.0 Å². The van der Waals surface area contributed by atoms with Gasteiger partial charge in [-0.05, 0) is 32.6 Å². The molecule has 1 atom stereocenters. The molecule has 0 aromatic heterocycles. The molecule has 1 saturated carbocycles. The van der Waals surface area contributed by atoms with Crippen LogP contribution in [0.1, 0.15) is 45.4 Å². The third-order valence-electron chi connectivity index (χ3n) is 6.91. The summed E-state index contributed by atoms with van der Waals surface area (Å²) in [5.74, 6) is 1.03. The molecule has 4 heterocycles. The Balaban J connectivity index is 0.00000210. The van der Waals surface area contributed by atoms with Gasteiger partial charge in [-0.3, -0.25) is 14.8 Å². The summed E-state index contributed by atoms with van der Waals surface area (Å²) >= 11 is 0. The first kappa shape index (κ1) is 21.6. The lowest BCUT2D eigenvalue weighted by molar-refractivity contribution is 0.0174. The monoisotopic (exact) mass is 490 g/mol. The van der Waals surface area contributed by atoms with Crippen molar-refractivity contribution in [3.63, 3.8) is 0 Å². The van der Waals surface area contributed by atoms with Crippen LogP contribution in [-0.2, 0) is 0 Å². The molecular formula is C20H39IN6. The van der Waals surface area contributed by atoms with Crippen molar-refractivity contribution in [2.45, 2.75) is 63.6 Å². The van der Waals surface area contributed by atoms with Gasteiger partial charge in [-0.15, -0.1) is 24.0 Å². The SMILES string of the molecule is CCNC(=NCC1CN2CCN1CC2)NC1CCN(C2CCCC2)CC1.I. The fraction of sp³-hybridized carbons (Fsp3) is 0.950. The summed E-state index contributed by atoms with van der Waals surface area (Å²) in [6.45, 7) is 12.7. The number of halogens is 1. The second-order valence-corrected chi connectivity index (χ2v) is 8.60. The standard InChI is InChI=1S/C20H38N6.HI/c1-2-21-20(22-15-19-16-24-11-13-26(19)14-12-24)23-17-7-9-25(10-8-17)18-5-3-4-6-18;/h17-19H,2-16H2,1H3,(H2,21,22,23);1H. The lowest BCUT2D eigenvalue weighted by Crippen LogP contribution is -2.62. The molecule has 5 rings (SSSR count). The molecule has 5 fully saturated rings. The maximum Gasteiger partial charge on any atom is 0.191 e. The average Bonchev–Trinajstić information content (AvgIpc) is 3.23. The molecule has 6 nitrogen and oxygen atoms in total. The number of piperidine rings is 1. The van der Waals surface area contributed by atoms with Gasteiger partial charge < -0.3 is 15.5 Å². The first-order valence-corrected chi connectivity index (χ1v) is 11.1. The molecule has 2 bridgehead atoms. The number of hydrogen-bond donors (Lipinski definition) is 2. The largest absolute Gasteiger partial charge is 0.357 e. The summed E-state index contributed by atoms with van der Waals surface area (Å²) in [6.07, 6.45) is 8.24. The summed E-state index contributed by atoms with van der Waals surface area (Å²) < 4.78 is 0. The minimum Gasteiger partial charge on any atom is -0.357 e. The Morgan fingerprint density at radius 1 is 0.926 bits per heavy atom. The van der Waals surface area contributed by atoms with Crippen molar-refractivity contribution in [1.82, 2.24) is 25.3 Å². The molecule has 5 aliphatic rings. The van der Waals surface area contributed by atoms with Gasteiger partial charge in [-0.1, -0.05) is 12.8 Å². The lowest BCUT2D eigenvalue weighted by Gasteiger charge is -2.47.